The largest absolute Gasteiger partial charge is 0.472 e. The first-order chi connectivity index (χ1) is 52.4. The van der Waals surface area contributed by atoms with Crippen molar-refractivity contribution < 1.29 is 80.2 Å². The van der Waals surface area contributed by atoms with Crippen LogP contribution in [0.15, 0.2) is 0 Å². The Kier molecular flexibility index (Phi) is 78.8. The van der Waals surface area contributed by atoms with E-state index in [4.69, 9.17) is 37.0 Å². The monoisotopic (exact) mass is 1580 g/mol. The number of ether oxygens (including phenoxy) is 4. The number of esters is 4. The third kappa shape index (κ3) is 80.7. The van der Waals surface area contributed by atoms with Gasteiger partial charge in [0, 0.05) is 25.7 Å². The lowest BCUT2D eigenvalue weighted by atomic mass is 9.99. The predicted octanol–water partition coefficient (Wildman–Crippen LogP) is 27.4. The lowest BCUT2D eigenvalue weighted by Gasteiger charge is -2.21. The molecule has 0 aliphatic heterocycles. The maximum atomic E-state index is 13.2. The Morgan fingerprint density at radius 1 is 0.269 bits per heavy atom. The summed E-state index contributed by atoms with van der Waals surface area (Å²) >= 11 is 0. The summed E-state index contributed by atoms with van der Waals surface area (Å²) in [6.07, 6.45) is 73.6. The average Bonchev–Trinajstić information content (AvgIpc) is 0.897. The Morgan fingerprint density at radius 2 is 0.472 bits per heavy atom. The summed E-state index contributed by atoms with van der Waals surface area (Å²) in [5, 5.41) is 10.7. The zero-order valence-electron chi connectivity index (χ0n) is 71.2. The zero-order chi connectivity index (χ0) is 79.2. The summed E-state index contributed by atoms with van der Waals surface area (Å²) in [6.45, 7) is 9.75. The van der Waals surface area contributed by atoms with Crippen molar-refractivity contribution in [3.05, 3.63) is 0 Å². The molecule has 0 aromatic rings. The molecular formula is C89H174O17P2. The van der Waals surface area contributed by atoms with E-state index in [1.807, 2.05) is 0 Å². The van der Waals surface area contributed by atoms with Crippen molar-refractivity contribution >= 4 is 39.5 Å². The van der Waals surface area contributed by atoms with Gasteiger partial charge in [0.1, 0.15) is 19.3 Å². The lowest BCUT2D eigenvalue weighted by molar-refractivity contribution is -0.161. The van der Waals surface area contributed by atoms with Gasteiger partial charge in [0.05, 0.1) is 26.4 Å². The molecule has 0 aliphatic rings. The molecule has 3 N–H and O–H groups in total. The molecule has 0 amide bonds. The van der Waals surface area contributed by atoms with Gasteiger partial charge in [0.2, 0.25) is 0 Å². The van der Waals surface area contributed by atoms with Crippen LogP contribution in [0, 0.1) is 11.8 Å². The van der Waals surface area contributed by atoms with E-state index < -0.39 is 97.5 Å². The number of carbonyl (C=O) groups is 4. The minimum Gasteiger partial charge on any atom is -0.462 e. The van der Waals surface area contributed by atoms with E-state index in [0.717, 1.165) is 102 Å². The van der Waals surface area contributed by atoms with Crippen molar-refractivity contribution in [1.29, 1.82) is 0 Å². The Morgan fingerprint density at radius 3 is 0.704 bits per heavy atom. The standard InChI is InChI=1S/C89H174O17P2/c1-7-10-12-14-16-18-20-22-23-24-25-26-30-33-37-41-48-54-60-66-72-87(92)100-77-84(105-88(93)73-67-61-55-49-42-38-34-31-28-27-29-32-36-39-46-52-58-64-70-82(6)9-3)79-103-107(95,96)101-75-83(90)76-102-108(97,98)104-80-85(106-89(94)74-68-62-56-50-44-43-45-51-57-63-69-81(4)5)78-99-86(91)71-65-59-53-47-40-35-21-19-17-15-13-11-8-2/h81-85,90H,7-80H2,1-6H3,(H,95,96)(H,97,98)/t82?,83-,84-,85-/m1/s1. The fraction of sp³-hybridized carbons (Fsp3) is 0.955. The molecule has 0 aliphatic carbocycles. The molecule has 0 heterocycles. The van der Waals surface area contributed by atoms with Crippen LogP contribution in [0.4, 0.5) is 0 Å². The Hall–Kier alpha value is -1.94. The second kappa shape index (κ2) is 80.3. The maximum absolute atomic E-state index is 13.2. The van der Waals surface area contributed by atoms with Crippen molar-refractivity contribution in [3.63, 3.8) is 0 Å². The molecule has 17 nitrogen and oxygen atoms in total. The number of hydrogen-bond donors (Lipinski definition) is 3. The van der Waals surface area contributed by atoms with Crippen LogP contribution in [0.25, 0.3) is 0 Å². The Labute approximate surface area is 664 Å². The van der Waals surface area contributed by atoms with Gasteiger partial charge in [0.15, 0.2) is 12.2 Å². The van der Waals surface area contributed by atoms with E-state index in [2.05, 4.69) is 41.5 Å². The molecule has 0 spiro atoms. The summed E-state index contributed by atoms with van der Waals surface area (Å²) < 4.78 is 69.0. The molecule has 0 bridgehead atoms. The number of hydrogen-bond acceptors (Lipinski definition) is 15. The van der Waals surface area contributed by atoms with Crippen molar-refractivity contribution in [2.75, 3.05) is 39.6 Å². The molecule has 3 unspecified atom stereocenters. The molecule has 108 heavy (non-hydrogen) atoms. The molecule has 0 fully saturated rings. The second-order valence-corrected chi connectivity index (χ2v) is 35.6. The van der Waals surface area contributed by atoms with Crippen molar-refractivity contribution in [2.24, 2.45) is 11.8 Å². The zero-order valence-corrected chi connectivity index (χ0v) is 73.0. The normalized spacial score (nSPS) is 14.0. The van der Waals surface area contributed by atoms with Gasteiger partial charge in [-0.3, -0.25) is 37.3 Å². The summed E-state index contributed by atoms with van der Waals surface area (Å²) in [6, 6.07) is 0. The third-order valence-electron chi connectivity index (χ3n) is 21.3. The highest BCUT2D eigenvalue weighted by atomic mass is 31.2. The van der Waals surface area contributed by atoms with E-state index >= 15 is 0 Å². The molecule has 0 saturated heterocycles. The Bertz CT molecular complexity index is 2070. The van der Waals surface area contributed by atoms with Crippen LogP contribution in [0.5, 0.6) is 0 Å². The van der Waals surface area contributed by atoms with E-state index in [0.29, 0.717) is 25.7 Å². The van der Waals surface area contributed by atoms with Crippen LogP contribution < -0.4 is 0 Å². The highest BCUT2D eigenvalue weighted by Gasteiger charge is 2.31. The molecule has 0 aromatic heterocycles. The van der Waals surface area contributed by atoms with Gasteiger partial charge in [-0.05, 0) is 37.5 Å². The first-order valence-electron chi connectivity index (χ1n) is 46.0. The molecule has 0 aromatic carbocycles. The smallest absolute Gasteiger partial charge is 0.462 e. The number of aliphatic hydroxyl groups excluding tert-OH is 1. The van der Waals surface area contributed by atoms with E-state index in [1.54, 1.807) is 0 Å². The maximum Gasteiger partial charge on any atom is 0.472 e. The van der Waals surface area contributed by atoms with Crippen LogP contribution in [0.1, 0.15) is 478 Å². The summed E-state index contributed by atoms with van der Waals surface area (Å²) in [5.74, 6) is -0.475. The van der Waals surface area contributed by atoms with Crippen molar-refractivity contribution in [2.45, 2.75) is 496 Å². The van der Waals surface area contributed by atoms with E-state index in [-0.39, 0.29) is 25.7 Å². The molecule has 0 saturated carbocycles. The predicted molar refractivity (Wildman–Crippen MR) is 446 cm³/mol. The lowest BCUT2D eigenvalue weighted by Crippen LogP contribution is -2.30. The summed E-state index contributed by atoms with van der Waals surface area (Å²) in [5.41, 5.74) is 0. The van der Waals surface area contributed by atoms with Gasteiger partial charge in [-0.2, -0.15) is 0 Å². The number of phosphoric acid groups is 2. The van der Waals surface area contributed by atoms with Crippen LogP contribution in [0.2, 0.25) is 0 Å². The van der Waals surface area contributed by atoms with Crippen LogP contribution >= 0.6 is 15.6 Å². The fourth-order valence-corrected chi connectivity index (χ4v) is 15.5. The van der Waals surface area contributed by atoms with Crippen LogP contribution in [-0.2, 0) is 65.4 Å². The van der Waals surface area contributed by atoms with Crippen molar-refractivity contribution in [3.8, 4) is 0 Å². The number of unbranched alkanes of at least 4 members (excludes halogenated alkanes) is 57. The number of aliphatic hydroxyl groups is 1. The first-order valence-corrected chi connectivity index (χ1v) is 49.0. The second-order valence-electron chi connectivity index (χ2n) is 32.7. The highest BCUT2D eigenvalue weighted by molar-refractivity contribution is 7.47. The SMILES string of the molecule is CCCCCCCCCCCCCCCCCCCCCCC(=O)OC[C@H](COP(=O)(O)OC[C@@H](O)COP(=O)(O)OC[C@@H](COC(=O)CCCCCCCCCCCCCCC)OC(=O)CCCCCCCCCCCCC(C)C)OC(=O)CCCCCCCCCCCCCCCCCCCCC(C)CC. The van der Waals surface area contributed by atoms with Gasteiger partial charge in [-0.25, -0.2) is 9.13 Å². The van der Waals surface area contributed by atoms with Crippen molar-refractivity contribution in [1.82, 2.24) is 0 Å². The average molecular weight is 1580 g/mol. The molecule has 0 radical (unpaired) electrons. The number of rotatable bonds is 88. The topological polar surface area (TPSA) is 237 Å². The van der Waals surface area contributed by atoms with Crippen LogP contribution in [0.3, 0.4) is 0 Å². The molecule has 6 atom stereocenters. The summed E-state index contributed by atoms with van der Waals surface area (Å²) in [7, 11) is -9.93. The van der Waals surface area contributed by atoms with E-state index in [1.165, 1.54) is 295 Å². The van der Waals surface area contributed by atoms with Gasteiger partial charge in [0.25, 0.3) is 0 Å². The van der Waals surface area contributed by atoms with Gasteiger partial charge < -0.3 is 33.8 Å². The number of phosphoric ester groups is 2. The van der Waals surface area contributed by atoms with Gasteiger partial charge >= 0.3 is 39.5 Å². The minimum absolute atomic E-state index is 0.107. The van der Waals surface area contributed by atoms with Gasteiger partial charge in [-0.15, -0.1) is 0 Å². The molecule has 0 rings (SSSR count). The molecular weight excluding hydrogens is 1400 g/mol. The van der Waals surface area contributed by atoms with Crippen LogP contribution in [-0.4, -0.2) is 96.7 Å². The quantitative estimate of drug-likeness (QED) is 0.0222. The van der Waals surface area contributed by atoms with E-state index in [9.17, 15) is 43.2 Å². The minimum atomic E-state index is -4.97. The molecule has 19 heteroatoms. The van der Waals surface area contributed by atoms with Gasteiger partial charge in [-0.1, -0.05) is 427 Å². The highest BCUT2D eigenvalue weighted by Crippen LogP contribution is 2.45. The Balaban J connectivity index is 5.23. The number of carbonyl (C=O) groups excluding carboxylic acids is 4. The molecule has 642 valence electrons. The fourth-order valence-electron chi connectivity index (χ4n) is 13.9. The third-order valence-corrected chi connectivity index (χ3v) is 23.2. The summed E-state index contributed by atoms with van der Waals surface area (Å²) in [4.78, 5) is 73.3. The first kappa shape index (κ1) is 106.